The molecule has 4 nitrogen and oxygen atoms in total. The highest BCUT2D eigenvalue weighted by atomic mass is 16.5. The molecular weight excluding hydrogens is 228 g/mol. The van der Waals surface area contributed by atoms with Crippen molar-refractivity contribution >= 4 is 11.7 Å². The number of piperazine rings is 1. The fourth-order valence-electron chi connectivity index (χ4n) is 2.35. The van der Waals surface area contributed by atoms with Gasteiger partial charge in [-0.25, -0.2) is 4.79 Å². The van der Waals surface area contributed by atoms with Gasteiger partial charge in [-0.3, -0.25) is 0 Å². The van der Waals surface area contributed by atoms with Gasteiger partial charge in [0.05, 0.1) is 18.4 Å². The maximum absolute atomic E-state index is 11.8. The Morgan fingerprint density at radius 1 is 1.50 bits per heavy atom. The minimum absolute atomic E-state index is 0.266. The summed E-state index contributed by atoms with van der Waals surface area (Å²) in [5.74, 6) is -0.266. The normalized spacial score (nSPS) is 19.7. The first-order chi connectivity index (χ1) is 8.76. The lowest BCUT2D eigenvalue weighted by atomic mass is 10.1. The van der Waals surface area contributed by atoms with Crippen molar-refractivity contribution in [3.8, 4) is 0 Å². The molecule has 98 valence electrons. The zero-order valence-corrected chi connectivity index (χ0v) is 11.0. The molecule has 1 heterocycles. The number of nitrogens with one attached hydrogen (secondary N) is 1. The molecular formula is C14H20N2O2. The standard InChI is InChI=1S/C14H20N2O2/c1-3-11-10-16(9-8-15-11)13-7-5-4-6-12(13)14(17)18-2/h4-7,11,15H,3,8-10H2,1-2H3/t11-/m1/s1. The topological polar surface area (TPSA) is 41.6 Å². The van der Waals surface area contributed by atoms with Gasteiger partial charge in [-0.2, -0.15) is 0 Å². The molecule has 2 rings (SSSR count). The second kappa shape index (κ2) is 5.87. The number of para-hydroxylation sites is 1. The van der Waals surface area contributed by atoms with E-state index < -0.39 is 0 Å². The van der Waals surface area contributed by atoms with Crippen LogP contribution in [0.2, 0.25) is 0 Å². The molecule has 0 aromatic heterocycles. The third kappa shape index (κ3) is 2.64. The van der Waals surface area contributed by atoms with Crippen LogP contribution in [-0.2, 0) is 4.74 Å². The van der Waals surface area contributed by atoms with Crippen LogP contribution in [0.25, 0.3) is 0 Å². The van der Waals surface area contributed by atoms with Gasteiger partial charge in [-0.05, 0) is 18.6 Å². The van der Waals surface area contributed by atoms with Crippen molar-refractivity contribution in [3.63, 3.8) is 0 Å². The molecule has 1 atom stereocenters. The zero-order valence-electron chi connectivity index (χ0n) is 11.0. The van der Waals surface area contributed by atoms with E-state index in [0.29, 0.717) is 11.6 Å². The molecule has 0 amide bonds. The van der Waals surface area contributed by atoms with Gasteiger partial charge >= 0.3 is 5.97 Å². The molecule has 1 saturated heterocycles. The number of anilines is 1. The number of benzene rings is 1. The average Bonchev–Trinajstić information content (AvgIpc) is 2.46. The predicted octanol–water partition coefficient (Wildman–Crippen LogP) is 1.66. The number of hydrogen-bond donors (Lipinski definition) is 1. The Labute approximate surface area is 108 Å². The molecule has 0 spiro atoms. The van der Waals surface area contributed by atoms with Crippen LogP contribution in [-0.4, -0.2) is 38.8 Å². The first-order valence-corrected chi connectivity index (χ1v) is 6.42. The molecule has 1 N–H and O–H groups in total. The third-order valence-electron chi connectivity index (χ3n) is 3.40. The number of hydrogen-bond acceptors (Lipinski definition) is 4. The average molecular weight is 248 g/mol. The van der Waals surface area contributed by atoms with E-state index in [1.54, 1.807) is 0 Å². The van der Waals surface area contributed by atoms with Crippen molar-refractivity contribution in [1.82, 2.24) is 5.32 Å². The van der Waals surface area contributed by atoms with E-state index in [0.717, 1.165) is 31.7 Å². The van der Waals surface area contributed by atoms with E-state index in [9.17, 15) is 4.79 Å². The van der Waals surface area contributed by atoms with Crippen LogP contribution in [0, 0.1) is 0 Å². The Bertz CT molecular complexity index is 420. The number of ether oxygens (including phenoxy) is 1. The van der Waals surface area contributed by atoms with Gasteiger partial charge in [0.25, 0.3) is 0 Å². The van der Waals surface area contributed by atoms with E-state index in [4.69, 9.17) is 4.74 Å². The first-order valence-electron chi connectivity index (χ1n) is 6.42. The van der Waals surface area contributed by atoms with Crippen LogP contribution < -0.4 is 10.2 Å². The van der Waals surface area contributed by atoms with E-state index in [1.807, 2.05) is 24.3 Å². The number of esters is 1. The molecule has 1 aromatic carbocycles. The lowest BCUT2D eigenvalue weighted by Crippen LogP contribution is -2.50. The summed E-state index contributed by atoms with van der Waals surface area (Å²) >= 11 is 0. The number of methoxy groups -OCH3 is 1. The van der Waals surface area contributed by atoms with Crippen LogP contribution in [0.15, 0.2) is 24.3 Å². The highest BCUT2D eigenvalue weighted by Crippen LogP contribution is 2.22. The van der Waals surface area contributed by atoms with Crippen molar-refractivity contribution in [2.45, 2.75) is 19.4 Å². The van der Waals surface area contributed by atoms with E-state index in [-0.39, 0.29) is 5.97 Å². The highest BCUT2D eigenvalue weighted by Gasteiger charge is 2.22. The quantitative estimate of drug-likeness (QED) is 0.826. The summed E-state index contributed by atoms with van der Waals surface area (Å²) in [6.07, 6.45) is 1.09. The van der Waals surface area contributed by atoms with E-state index in [1.165, 1.54) is 7.11 Å². The SMILES string of the molecule is CC[C@@H]1CN(c2ccccc2C(=O)OC)CCN1. The molecule has 0 radical (unpaired) electrons. The minimum atomic E-state index is -0.266. The summed E-state index contributed by atoms with van der Waals surface area (Å²) in [5, 5.41) is 3.47. The molecule has 18 heavy (non-hydrogen) atoms. The monoisotopic (exact) mass is 248 g/mol. The molecule has 0 bridgehead atoms. The minimum Gasteiger partial charge on any atom is -0.465 e. The zero-order chi connectivity index (χ0) is 13.0. The van der Waals surface area contributed by atoms with Crippen LogP contribution in [0.1, 0.15) is 23.7 Å². The van der Waals surface area contributed by atoms with Crippen LogP contribution >= 0.6 is 0 Å². The number of carbonyl (C=O) groups is 1. The maximum Gasteiger partial charge on any atom is 0.339 e. The fourth-order valence-corrected chi connectivity index (χ4v) is 2.35. The van der Waals surface area contributed by atoms with Crippen molar-refractivity contribution in [3.05, 3.63) is 29.8 Å². The third-order valence-corrected chi connectivity index (χ3v) is 3.40. The Kier molecular flexibility index (Phi) is 4.20. The molecule has 1 aromatic rings. The Hall–Kier alpha value is -1.55. The molecule has 0 aliphatic carbocycles. The van der Waals surface area contributed by atoms with Gasteiger partial charge in [-0.15, -0.1) is 0 Å². The molecule has 4 heteroatoms. The smallest absolute Gasteiger partial charge is 0.339 e. The second-order valence-corrected chi connectivity index (χ2v) is 4.51. The van der Waals surface area contributed by atoms with E-state index in [2.05, 4.69) is 17.1 Å². The van der Waals surface area contributed by atoms with Crippen LogP contribution in [0.3, 0.4) is 0 Å². The molecule has 1 fully saturated rings. The van der Waals surface area contributed by atoms with Crippen molar-refractivity contribution in [1.29, 1.82) is 0 Å². The van der Waals surface area contributed by atoms with Gasteiger partial charge in [0.1, 0.15) is 0 Å². The summed E-state index contributed by atoms with van der Waals surface area (Å²) in [6.45, 7) is 4.98. The van der Waals surface area contributed by atoms with E-state index >= 15 is 0 Å². The first kappa shape index (κ1) is 12.9. The number of carbonyl (C=O) groups excluding carboxylic acids is 1. The lowest BCUT2D eigenvalue weighted by molar-refractivity contribution is 0.0601. The fraction of sp³-hybridized carbons (Fsp3) is 0.500. The Balaban J connectivity index is 2.24. The Morgan fingerprint density at radius 3 is 3.00 bits per heavy atom. The van der Waals surface area contributed by atoms with Gasteiger partial charge in [0, 0.05) is 25.7 Å². The summed E-state index contributed by atoms with van der Waals surface area (Å²) in [4.78, 5) is 14.0. The highest BCUT2D eigenvalue weighted by molar-refractivity contribution is 5.95. The molecule has 1 aliphatic heterocycles. The van der Waals surface area contributed by atoms with Crippen LogP contribution in [0.4, 0.5) is 5.69 Å². The molecule has 0 saturated carbocycles. The maximum atomic E-state index is 11.8. The van der Waals surface area contributed by atoms with Crippen molar-refractivity contribution in [2.75, 3.05) is 31.6 Å². The largest absolute Gasteiger partial charge is 0.465 e. The number of nitrogens with zero attached hydrogens (tertiary/aromatic N) is 1. The van der Waals surface area contributed by atoms with Crippen molar-refractivity contribution in [2.24, 2.45) is 0 Å². The number of rotatable bonds is 3. The van der Waals surface area contributed by atoms with Crippen molar-refractivity contribution < 1.29 is 9.53 Å². The lowest BCUT2D eigenvalue weighted by Gasteiger charge is -2.35. The van der Waals surface area contributed by atoms with Gasteiger partial charge in [-0.1, -0.05) is 19.1 Å². The summed E-state index contributed by atoms with van der Waals surface area (Å²) in [7, 11) is 1.42. The summed E-state index contributed by atoms with van der Waals surface area (Å²) < 4.78 is 4.84. The van der Waals surface area contributed by atoms with Gasteiger partial charge in [0.15, 0.2) is 0 Å². The molecule has 1 aliphatic rings. The van der Waals surface area contributed by atoms with Gasteiger partial charge in [0.2, 0.25) is 0 Å². The van der Waals surface area contributed by atoms with Gasteiger partial charge < -0.3 is 15.0 Å². The summed E-state index contributed by atoms with van der Waals surface area (Å²) in [6, 6.07) is 8.14. The second-order valence-electron chi connectivity index (χ2n) is 4.51. The summed E-state index contributed by atoms with van der Waals surface area (Å²) in [5.41, 5.74) is 1.63. The molecule has 0 unspecified atom stereocenters. The Morgan fingerprint density at radius 2 is 2.28 bits per heavy atom. The van der Waals surface area contributed by atoms with Crippen LogP contribution in [0.5, 0.6) is 0 Å². The predicted molar refractivity (Wildman–Crippen MR) is 72.1 cm³/mol.